The number of nitrogens with one attached hydrogen (secondary N) is 1. The number of fused-ring (bicyclic) bond motifs is 1. The molecule has 0 saturated carbocycles. The molecule has 0 radical (unpaired) electrons. The summed E-state index contributed by atoms with van der Waals surface area (Å²) in [6.45, 7) is 0. The first-order chi connectivity index (χ1) is 6.81. The highest BCUT2D eigenvalue weighted by Crippen LogP contribution is 2.19. The van der Waals surface area contributed by atoms with Crippen molar-refractivity contribution in [1.82, 2.24) is 4.98 Å². The summed E-state index contributed by atoms with van der Waals surface area (Å²) in [6, 6.07) is 4.63. The zero-order valence-corrected chi connectivity index (χ0v) is 7.59. The van der Waals surface area contributed by atoms with Gasteiger partial charge in [-0.15, -0.1) is 0 Å². The second kappa shape index (κ2) is 3.62. The van der Waals surface area contributed by atoms with Gasteiger partial charge >= 0.3 is 0 Å². The zero-order valence-electron chi connectivity index (χ0n) is 7.59. The van der Waals surface area contributed by atoms with Gasteiger partial charge in [0, 0.05) is 23.5 Å². The lowest BCUT2D eigenvalue weighted by molar-refractivity contribution is -0.107. The molecule has 0 aliphatic carbocycles. The first-order valence-electron chi connectivity index (χ1n) is 4.50. The van der Waals surface area contributed by atoms with Gasteiger partial charge in [-0.3, -0.25) is 0 Å². The molecule has 0 bridgehead atoms. The Morgan fingerprint density at radius 3 is 3.07 bits per heavy atom. The molecule has 0 atom stereocenters. The lowest BCUT2D eigenvalue weighted by Gasteiger charge is -1.94. The van der Waals surface area contributed by atoms with Crippen LogP contribution >= 0.6 is 0 Å². The molecule has 0 fully saturated rings. The number of aromatic amines is 1. The Morgan fingerprint density at radius 2 is 2.29 bits per heavy atom. The number of aldehydes is 1. The first kappa shape index (κ1) is 8.94. The molecule has 2 aromatic rings. The summed E-state index contributed by atoms with van der Waals surface area (Å²) in [4.78, 5) is 13.2. The van der Waals surface area contributed by atoms with E-state index in [0.717, 1.165) is 22.8 Å². The molecule has 0 unspecified atom stereocenters. The van der Waals surface area contributed by atoms with Crippen molar-refractivity contribution >= 4 is 17.2 Å². The van der Waals surface area contributed by atoms with Gasteiger partial charge in [0.1, 0.15) is 12.1 Å². The molecule has 2 nitrogen and oxygen atoms in total. The van der Waals surface area contributed by atoms with Crippen molar-refractivity contribution in [2.24, 2.45) is 0 Å². The molecule has 2 rings (SSSR count). The zero-order chi connectivity index (χ0) is 9.97. The largest absolute Gasteiger partial charge is 0.361 e. The van der Waals surface area contributed by atoms with E-state index in [0.29, 0.717) is 12.8 Å². The molecule has 0 spiro atoms. The third-order valence-electron chi connectivity index (χ3n) is 2.26. The Labute approximate surface area is 80.7 Å². The molecule has 0 aliphatic heterocycles. The van der Waals surface area contributed by atoms with Crippen LogP contribution in [0.4, 0.5) is 4.39 Å². The highest BCUT2D eigenvalue weighted by atomic mass is 19.1. The lowest BCUT2D eigenvalue weighted by atomic mass is 10.1. The third kappa shape index (κ3) is 1.53. The number of hydrogen-bond acceptors (Lipinski definition) is 1. The van der Waals surface area contributed by atoms with E-state index in [9.17, 15) is 9.18 Å². The molecular weight excluding hydrogens is 181 g/mol. The van der Waals surface area contributed by atoms with E-state index in [2.05, 4.69) is 4.98 Å². The van der Waals surface area contributed by atoms with Crippen molar-refractivity contribution in [3.8, 4) is 0 Å². The number of aromatic nitrogens is 1. The Morgan fingerprint density at radius 1 is 1.43 bits per heavy atom. The van der Waals surface area contributed by atoms with Crippen LogP contribution < -0.4 is 0 Å². The van der Waals surface area contributed by atoms with Gasteiger partial charge in [0.2, 0.25) is 0 Å². The SMILES string of the molecule is O=CCCc1c[nH]c2cc(F)ccc12. The molecule has 0 amide bonds. The summed E-state index contributed by atoms with van der Waals surface area (Å²) in [7, 11) is 0. The van der Waals surface area contributed by atoms with Crippen LogP contribution in [0.1, 0.15) is 12.0 Å². The van der Waals surface area contributed by atoms with Gasteiger partial charge in [0.25, 0.3) is 0 Å². The Kier molecular flexibility index (Phi) is 2.31. The number of carbonyl (C=O) groups is 1. The standard InChI is InChI=1S/C11H10FNO/c12-9-3-4-10-8(2-1-5-14)7-13-11(10)6-9/h3-7,13H,1-2H2. The van der Waals surface area contributed by atoms with Crippen LogP contribution in [0.2, 0.25) is 0 Å². The molecule has 1 heterocycles. The van der Waals surface area contributed by atoms with Crippen molar-refractivity contribution in [2.45, 2.75) is 12.8 Å². The molecule has 14 heavy (non-hydrogen) atoms. The van der Waals surface area contributed by atoms with Crippen LogP contribution in [0.5, 0.6) is 0 Å². The van der Waals surface area contributed by atoms with Gasteiger partial charge in [0.05, 0.1) is 0 Å². The van der Waals surface area contributed by atoms with Crippen LogP contribution in [0, 0.1) is 5.82 Å². The molecule has 1 N–H and O–H groups in total. The summed E-state index contributed by atoms with van der Waals surface area (Å²) < 4.78 is 12.8. The fourth-order valence-corrected chi connectivity index (χ4v) is 1.58. The van der Waals surface area contributed by atoms with Crippen LogP contribution in [-0.2, 0) is 11.2 Å². The van der Waals surface area contributed by atoms with Crippen molar-refractivity contribution in [3.05, 3.63) is 35.8 Å². The molecule has 1 aromatic heterocycles. The highest BCUT2D eigenvalue weighted by Gasteiger charge is 2.03. The van der Waals surface area contributed by atoms with Crippen LogP contribution in [0.25, 0.3) is 10.9 Å². The molecule has 72 valence electrons. The van der Waals surface area contributed by atoms with E-state index in [-0.39, 0.29) is 5.82 Å². The predicted molar refractivity (Wildman–Crippen MR) is 52.6 cm³/mol. The topological polar surface area (TPSA) is 32.9 Å². The highest BCUT2D eigenvalue weighted by molar-refractivity contribution is 5.83. The smallest absolute Gasteiger partial charge is 0.125 e. The number of H-pyrrole nitrogens is 1. The van der Waals surface area contributed by atoms with Crippen LogP contribution in [0.15, 0.2) is 24.4 Å². The van der Waals surface area contributed by atoms with Crippen LogP contribution in [-0.4, -0.2) is 11.3 Å². The maximum absolute atomic E-state index is 12.8. The number of benzene rings is 1. The van der Waals surface area contributed by atoms with Crippen molar-refractivity contribution < 1.29 is 9.18 Å². The average Bonchev–Trinajstić information content (AvgIpc) is 2.57. The van der Waals surface area contributed by atoms with Crippen molar-refractivity contribution in [1.29, 1.82) is 0 Å². The molecule has 1 aromatic carbocycles. The molecule has 3 heteroatoms. The van der Waals surface area contributed by atoms with Gasteiger partial charge in [0.15, 0.2) is 0 Å². The van der Waals surface area contributed by atoms with Crippen LogP contribution in [0.3, 0.4) is 0 Å². The minimum atomic E-state index is -0.249. The lowest BCUT2D eigenvalue weighted by Crippen LogP contribution is -1.83. The first-order valence-corrected chi connectivity index (χ1v) is 4.50. The number of rotatable bonds is 3. The maximum atomic E-state index is 12.8. The molecule has 0 saturated heterocycles. The predicted octanol–water partition coefficient (Wildman–Crippen LogP) is 2.44. The van der Waals surface area contributed by atoms with Crippen molar-refractivity contribution in [2.75, 3.05) is 0 Å². The monoisotopic (exact) mass is 191 g/mol. The summed E-state index contributed by atoms with van der Waals surface area (Å²) in [5.74, 6) is -0.249. The summed E-state index contributed by atoms with van der Waals surface area (Å²) in [5.41, 5.74) is 1.85. The van der Waals surface area contributed by atoms with E-state index < -0.39 is 0 Å². The van der Waals surface area contributed by atoms with E-state index in [4.69, 9.17) is 0 Å². The minimum absolute atomic E-state index is 0.249. The second-order valence-corrected chi connectivity index (χ2v) is 3.21. The number of carbonyl (C=O) groups excluding carboxylic acids is 1. The van der Waals surface area contributed by atoms with E-state index >= 15 is 0 Å². The quantitative estimate of drug-likeness (QED) is 0.742. The number of hydrogen-bond donors (Lipinski definition) is 1. The summed E-state index contributed by atoms with van der Waals surface area (Å²) >= 11 is 0. The minimum Gasteiger partial charge on any atom is -0.361 e. The summed E-state index contributed by atoms with van der Waals surface area (Å²) in [6.07, 6.45) is 3.93. The van der Waals surface area contributed by atoms with Gasteiger partial charge in [-0.05, 0) is 30.2 Å². The Bertz CT molecular complexity index is 461. The Hall–Kier alpha value is -1.64. The van der Waals surface area contributed by atoms with Gasteiger partial charge in [-0.2, -0.15) is 0 Å². The molecular formula is C11H10FNO. The average molecular weight is 191 g/mol. The maximum Gasteiger partial charge on any atom is 0.125 e. The van der Waals surface area contributed by atoms with E-state index in [1.807, 2.05) is 6.20 Å². The second-order valence-electron chi connectivity index (χ2n) is 3.21. The van der Waals surface area contributed by atoms with E-state index in [1.54, 1.807) is 6.07 Å². The van der Waals surface area contributed by atoms with Crippen molar-refractivity contribution in [3.63, 3.8) is 0 Å². The fourth-order valence-electron chi connectivity index (χ4n) is 1.58. The fraction of sp³-hybridized carbons (Fsp3) is 0.182. The number of halogens is 1. The molecule has 0 aliphatic rings. The van der Waals surface area contributed by atoms with Gasteiger partial charge in [-0.1, -0.05) is 0 Å². The van der Waals surface area contributed by atoms with Gasteiger partial charge in [-0.25, -0.2) is 4.39 Å². The summed E-state index contributed by atoms with van der Waals surface area (Å²) in [5, 5.41) is 0.994. The Balaban J connectivity index is 2.42. The third-order valence-corrected chi connectivity index (χ3v) is 2.26. The van der Waals surface area contributed by atoms with Gasteiger partial charge < -0.3 is 9.78 Å². The number of aryl methyl sites for hydroxylation is 1. The normalized spacial score (nSPS) is 10.6. The van der Waals surface area contributed by atoms with E-state index in [1.165, 1.54) is 12.1 Å².